The molecule has 0 radical (unpaired) electrons. The van der Waals surface area contributed by atoms with Crippen LogP contribution in [0.2, 0.25) is 0 Å². The van der Waals surface area contributed by atoms with Crippen molar-refractivity contribution < 1.29 is 9.18 Å². The van der Waals surface area contributed by atoms with Crippen LogP contribution in [0.1, 0.15) is 42.9 Å². The SMILES string of the molecule is CCn1c(CN2CCC(C)CC2)nc2cc(NC(=O)c3ccc(F)cc3)ccc21. The van der Waals surface area contributed by atoms with Gasteiger partial charge in [-0.25, -0.2) is 9.37 Å². The van der Waals surface area contributed by atoms with Crippen LogP contribution in [0.5, 0.6) is 0 Å². The van der Waals surface area contributed by atoms with E-state index in [2.05, 4.69) is 28.6 Å². The third-order valence-electron chi connectivity index (χ3n) is 5.75. The molecule has 0 atom stereocenters. The van der Waals surface area contributed by atoms with Crippen molar-refractivity contribution >= 4 is 22.6 Å². The van der Waals surface area contributed by atoms with E-state index in [1.54, 1.807) is 0 Å². The van der Waals surface area contributed by atoms with Crippen molar-refractivity contribution in [2.45, 2.75) is 39.8 Å². The van der Waals surface area contributed by atoms with E-state index in [0.29, 0.717) is 11.3 Å². The van der Waals surface area contributed by atoms with E-state index in [0.717, 1.165) is 49.0 Å². The first-order valence-corrected chi connectivity index (χ1v) is 10.3. The maximum Gasteiger partial charge on any atom is 0.255 e. The van der Waals surface area contributed by atoms with Crippen LogP contribution >= 0.6 is 0 Å². The fourth-order valence-corrected chi connectivity index (χ4v) is 3.96. The lowest BCUT2D eigenvalue weighted by Crippen LogP contribution is -2.33. The van der Waals surface area contributed by atoms with Crippen LogP contribution in [0, 0.1) is 11.7 Å². The highest BCUT2D eigenvalue weighted by molar-refractivity contribution is 6.04. The molecule has 6 heteroatoms. The Bertz CT molecular complexity index is 1000. The summed E-state index contributed by atoms with van der Waals surface area (Å²) in [4.78, 5) is 19.8. The minimum Gasteiger partial charge on any atom is -0.327 e. The summed E-state index contributed by atoms with van der Waals surface area (Å²) in [6, 6.07) is 11.3. The monoisotopic (exact) mass is 394 g/mol. The summed E-state index contributed by atoms with van der Waals surface area (Å²) in [6.45, 7) is 8.40. The number of nitrogens with zero attached hydrogens (tertiary/aromatic N) is 3. The molecule has 29 heavy (non-hydrogen) atoms. The van der Waals surface area contributed by atoms with E-state index < -0.39 is 0 Å². The first kappa shape index (κ1) is 19.6. The van der Waals surface area contributed by atoms with E-state index in [1.165, 1.54) is 37.1 Å². The minimum atomic E-state index is -0.358. The molecular weight excluding hydrogens is 367 g/mol. The molecule has 152 valence electrons. The predicted octanol–water partition coefficient (Wildman–Crippen LogP) is 4.68. The Labute approximate surface area is 170 Å². The van der Waals surface area contributed by atoms with Crippen LogP contribution in [0.4, 0.5) is 10.1 Å². The third-order valence-corrected chi connectivity index (χ3v) is 5.75. The van der Waals surface area contributed by atoms with Gasteiger partial charge in [-0.15, -0.1) is 0 Å². The van der Waals surface area contributed by atoms with Crippen LogP contribution in [0.15, 0.2) is 42.5 Å². The van der Waals surface area contributed by atoms with Gasteiger partial charge in [0.05, 0.1) is 17.6 Å². The zero-order valence-corrected chi connectivity index (χ0v) is 17.0. The van der Waals surface area contributed by atoms with Gasteiger partial charge in [0.2, 0.25) is 0 Å². The normalized spacial score (nSPS) is 15.7. The van der Waals surface area contributed by atoms with Gasteiger partial charge in [0.1, 0.15) is 11.6 Å². The Morgan fingerprint density at radius 3 is 2.59 bits per heavy atom. The smallest absolute Gasteiger partial charge is 0.255 e. The van der Waals surface area contributed by atoms with Gasteiger partial charge in [0.25, 0.3) is 5.91 Å². The number of piperidine rings is 1. The van der Waals surface area contributed by atoms with Crippen LogP contribution in [-0.4, -0.2) is 33.4 Å². The average Bonchev–Trinajstić information content (AvgIpc) is 3.06. The second-order valence-electron chi connectivity index (χ2n) is 7.90. The maximum atomic E-state index is 13.1. The number of rotatable bonds is 5. The van der Waals surface area contributed by atoms with Crippen LogP contribution in [-0.2, 0) is 13.1 Å². The summed E-state index contributed by atoms with van der Waals surface area (Å²) >= 11 is 0. The third kappa shape index (κ3) is 4.32. The molecule has 2 aromatic carbocycles. The Balaban J connectivity index is 1.54. The molecule has 1 aromatic heterocycles. The van der Waals surface area contributed by atoms with Crippen molar-refractivity contribution in [2.75, 3.05) is 18.4 Å². The predicted molar refractivity (Wildman–Crippen MR) is 113 cm³/mol. The van der Waals surface area contributed by atoms with Gasteiger partial charge in [-0.05, 0) is 81.2 Å². The molecule has 5 nitrogen and oxygen atoms in total. The molecule has 0 saturated carbocycles. The number of carbonyl (C=O) groups excluding carboxylic acids is 1. The van der Waals surface area contributed by atoms with Crippen LogP contribution < -0.4 is 5.32 Å². The lowest BCUT2D eigenvalue weighted by atomic mass is 9.99. The van der Waals surface area contributed by atoms with Gasteiger partial charge in [0.15, 0.2) is 0 Å². The van der Waals surface area contributed by atoms with Gasteiger partial charge in [-0.3, -0.25) is 9.69 Å². The number of fused-ring (bicyclic) bond motifs is 1. The van der Waals surface area contributed by atoms with E-state index in [9.17, 15) is 9.18 Å². The number of hydrogen-bond acceptors (Lipinski definition) is 3. The summed E-state index contributed by atoms with van der Waals surface area (Å²) in [7, 11) is 0. The van der Waals surface area contributed by atoms with Crippen molar-refractivity contribution in [3.05, 3.63) is 59.7 Å². The number of aromatic nitrogens is 2. The Morgan fingerprint density at radius 2 is 1.90 bits per heavy atom. The van der Waals surface area contributed by atoms with E-state index >= 15 is 0 Å². The molecule has 3 aromatic rings. The second kappa shape index (κ2) is 8.33. The Morgan fingerprint density at radius 1 is 1.17 bits per heavy atom. The summed E-state index contributed by atoms with van der Waals surface area (Å²) in [5, 5.41) is 2.88. The highest BCUT2D eigenvalue weighted by Crippen LogP contribution is 2.24. The van der Waals surface area contributed by atoms with Gasteiger partial charge in [0, 0.05) is 17.8 Å². The highest BCUT2D eigenvalue weighted by Gasteiger charge is 2.19. The number of benzene rings is 2. The molecule has 1 N–H and O–H groups in total. The zero-order chi connectivity index (χ0) is 20.4. The van der Waals surface area contributed by atoms with E-state index in [4.69, 9.17) is 4.98 Å². The highest BCUT2D eigenvalue weighted by atomic mass is 19.1. The second-order valence-corrected chi connectivity index (χ2v) is 7.90. The molecule has 1 aliphatic rings. The van der Waals surface area contributed by atoms with Gasteiger partial charge < -0.3 is 9.88 Å². The van der Waals surface area contributed by atoms with Gasteiger partial charge >= 0.3 is 0 Å². The molecule has 1 amide bonds. The van der Waals surface area contributed by atoms with Crippen LogP contribution in [0.3, 0.4) is 0 Å². The zero-order valence-electron chi connectivity index (χ0n) is 17.0. The molecular formula is C23H27FN4O. The molecule has 1 aliphatic heterocycles. The van der Waals surface area contributed by atoms with Gasteiger partial charge in [-0.2, -0.15) is 0 Å². The number of aryl methyl sites for hydroxylation is 1. The first-order valence-electron chi connectivity index (χ1n) is 10.3. The Kier molecular flexibility index (Phi) is 5.62. The quantitative estimate of drug-likeness (QED) is 0.684. The number of halogens is 1. The Hall–Kier alpha value is -2.73. The minimum absolute atomic E-state index is 0.262. The fourth-order valence-electron chi connectivity index (χ4n) is 3.96. The fraction of sp³-hybridized carbons (Fsp3) is 0.391. The largest absolute Gasteiger partial charge is 0.327 e. The number of hydrogen-bond donors (Lipinski definition) is 1. The van der Waals surface area contributed by atoms with Crippen molar-refractivity contribution in [3.8, 4) is 0 Å². The topological polar surface area (TPSA) is 50.2 Å². The van der Waals surface area contributed by atoms with Crippen molar-refractivity contribution in [1.82, 2.24) is 14.5 Å². The lowest BCUT2D eigenvalue weighted by molar-refractivity contribution is 0.102. The lowest BCUT2D eigenvalue weighted by Gasteiger charge is -2.29. The number of imidazole rings is 1. The average molecular weight is 394 g/mol. The number of nitrogens with one attached hydrogen (secondary N) is 1. The van der Waals surface area contributed by atoms with Crippen molar-refractivity contribution in [3.63, 3.8) is 0 Å². The first-order chi connectivity index (χ1) is 14.0. The molecule has 2 heterocycles. The molecule has 4 rings (SSSR count). The summed E-state index contributed by atoms with van der Waals surface area (Å²) in [5.41, 5.74) is 3.06. The number of amides is 1. The summed E-state index contributed by atoms with van der Waals surface area (Å²) in [5.74, 6) is 1.26. The molecule has 1 fully saturated rings. The molecule has 0 bridgehead atoms. The number of likely N-dealkylation sites (tertiary alicyclic amines) is 1. The van der Waals surface area contributed by atoms with E-state index in [1.807, 2.05) is 18.2 Å². The van der Waals surface area contributed by atoms with Crippen molar-refractivity contribution in [1.29, 1.82) is 0 Å². The summed E-state index contributed by atoms with van der Waals surface area (Å²) in [6.07, 6.45) is 2.48. The molecule has 1 saturated heterocycles. The molecule has 0 unspecified atom stereocenters. The maximum absolute atomic E-state index is 13.1. The van der Waals surface area contributed by atoms with E-state index in [-0.39, 0.29) is 11.7 Å². The summed E-state index contributed by atoms with van der Waals surface area (Å²) < 4.78 is 15.3. The standard InChI is InChI=1S/C23H27FN4O/c1-3-28-21-9-8-19(25-23(29)17-4-6-18(24)7-5-17)14-20(21)26-22(28)15-27-12-10-16(2)11-13-27/h4-9,14,16H,3,10-13,15H2,1-2H3,(H,25,29). The number of anilines is 1. The van der Waals surface area contributed by atoms with Crippen molar-refractivity contribution in [2.24, 2.45) is 5.92 Å². The number of carbonyl (C=O) groups is 1. The van der Waals surface area contributed by atoms with Gasteiger partial charge in [-0.1, -0.05) is 6.92 Å². The molecule has 0 spiro atoms. The molecule has 0 aliphatic carbocycles. The van der Waals surface area contributed by atoms with Crippen LogP contribution in [0.25, 0.3) is 11.0 Å².